The van der Waals surface area contributed by atoms with Crippen LogP contribution in [-0.4, -0.2) is 9.19 Å². The molecule has 2 aromatic carbocycles. The van der Waals surface area contributed by atoms with Crippen LogP contribution in [0.25, 0.3) is 10.8 Å². The Balaban J connectivity index is 1.92. The quantitative estimate of drug-likeness (QED) is 0.743. The van der Waals surface area contributed by atoms with E-state index in [9.17, 15) is 4.21 Å². The van der Waals surface area contributed by atoms with Crippen molar-refractivity contribution in [3.8, 4) is 6.07 Å². The minimum absolute atomic E-state index is 0.301. The Morgan fingerprint density at radius 2 is 1.86 bits per heavy atom. The number of fused-ring (bicyclic) bond motifs is 1. The molecule has 3 aromatic rings. The predicted molar refractivity (Wildman–Crippen MR) is 83.0 cm³/mol. The van der Waals surface area contributed by atoms with Crippen molar-refractivity contribution >= 4 is 21.6 Å². The SMILES string of the molecule is N#Cc1ncccc1CS(=O)c1ccc2ccccc2c1. The first-order chi connectivity index (χ1) is 10.3. The molecule has 0 bridgehead atoms. The van der Waals surface area contributed by atoms with E-state index in [2.05, 4.69) is 4.98 Å². The van der Waals surface area contributed by atoms with Gasteiger partial charge in [-0.1, -0.05) is 36.4 Å². The number of hydrogen-bond acceptors (Lipinski definition) is 3. The van der Waals surface area contributed by atoms with E-state index >= 15 is 0 Å². The minimum atomic E-state index is -1.19. The summed E-state index contributed by atoms with van der Waals surface area (Å²) in [6.45, 7) is 0. The maximum absolute atomic E-state index is 12.5. The van der Waals surface area contributed by atoms with Crippen molar-refractivity contribution in [1.82, 2.24) is 4.98 Å². The van der Waals surface area contributed by atoms with E-state index in [0.29, 0.717) is 17.0 Å². The lowest BCUT2D eigenvalue weighted by molar-refractivity contribution is 0.682. The summed E-state index contributed by atoms with van der Waals surface area (Å²) < 4.78 is 12.5. The maximum Gasteiger partial charge on any atom is 0.144 e. The first-order valence-corrected chi connectivity index (χ1v) is 7.81. The van der Waals surface area contributed by atoms with Gasteiger partial charge in [0.1, 0.15) is 11.8 Å². The van der Waals surface area contributed by atoms with E-state index in [1.807, 2.05) is 48.5 Å². The second kappa shape index (κ2) is 5.86. The highest BCUT2D eigenvalue weighted by atomic mass is 32.2. The molecule has 0 saturated carbocycles. The summed E-state index contributed by atoms with van der Waals surface area (Å²) in [4.78, 5) is 4.76. The number of benzene rings is 2. The molecule has 1 unspecified atom stereocenters. The third-order valence-electron chi connectivity index (χ3n) is 3.27. The van der Waals surface area contributed by atoms with E-state index in [1.165, 1.54) is 0 Å². The Labute approximate surface area is 125 Å². The highest BCUT2D eigenvalue weighted by Gasteiger charge is 2.10. The Hall–Kier alpha value is -2.51. The minimum Gasteiger partial charge on any atom is -0.254 e. The largest absolute Gasteiger partial charge is 0.254 e. The number of nitriles is 1. The molecular weight excluding hydrogens is 280 g/mol. The highest BCUT2D eigenvalue weighted by molar-refractivity contribution is 7.84. The molecule has 102 valence electrons. The van der Waals surface area contributed by atoms with Gasteiger partial charge < -0.3 is 0 Å². The molecule has 0 aliphatic rings. The van der Waals surface area contributed by atoms with Crippen LogP contribution in [0.3, 0.4) is 0 Å². The van der Waals surface area contributed by atoms with Gasteiger partial charge in [-0.15, -0.1) is 0 Å². The lowest BCUT2D eigenvalue weighted by Gasteiger charge is -2.05. The molecule has 3 rings (SSSR count). The lowest BCUT2D eigenvalue weighted by Crippen LogP contribution is -2.00. The van der Waals surface area contributed by atoms with Crippen LogP contribution in [0.1, 0.15) is 11.3 Å². The van der Waals surface area contributed by atoms with Gasteiger partial charge in [-0.2, -0.15) is 5.26 Å². The second-order valence-electron chi connectivity index (χ2n) is 4.62. The Kier molecular flexibility index (Phi) is 3.76. The van der Waals surface area contributed by atoms with Gasteiger partial charge in [-0.25, -0.2) is 4.98 Å². The molecule has 0 amide bonds. The van der Waals surface area contributed by atoms with Crippen LogP contribution in [0, 0.1) is 11.3 Å². The van der Waals surface area contributed by atoms with Gasteiger partial charge in [-0.05, 0) is 29.0 Å². The van der Waals surface area contributed by atoms with Gasteiger partial charge in [0.15, 0.2) is 0 Å². The van der Waals surface area contributed by atoms with Crippen LogP contribution >= 0.6 is 0 Å². The van der Waals surface area contributed by atoms with E-state index in [4.69, 9.17) is 5.26 Å². The molecule has 0 radical (unpaired) electrons. The van der Waals surface area contributed by atoms with Crippen molar-refractivity contribution in [2.24, 2.45) is 0 Å². The lowest BCUT2D eigenvalue weighted by atomic mass is 10.1. The third kappa shape index (κ3) is 2.83. The second-order valence-corrected chi connectivity index (χ2v) is 6.07. The molecular formula is C17H12N2OS. The number of aromatic nitrogens is 1. The van der Waals surface area contributed by atoms with E-state index < -0.39 is 10.8 Å². The fourth-order valence-electron chi connectivity index (χ4n) is 2.19. The summed E-state index contributed by atoms with van der Waals surface area (Å²) in [6.07, 6.45) is 1.57. The Morgan fingerprint density at radius 3 is 2.67 bits per heavy atom. The predicted octanol–water partition coefficient (Wildman–Crippen LogP) is 3.41. The fraction of sp³-hybridized carbons (Fsp3) is 0.0588. The smallest absolute Gasteiger partial charge is 0.144 e. The molecule has 1 heterocycles. The van der Waals surface area contributed by atoms with Crippen molar-refractivity contribution in [3.63, 3.8) is 0 Å². The zero-order valence-corrected chi connectivity index (χ0v) is 12.0. The van der Waals surface area contributed by atoms with Crippen molar-refractivity contribution in [2.75, 3.05) is 0 Å². The molecule has 3 nitrogen and oxygen atoms in total. The Morgan fingerprint density at radius 1 is 1.05 bits per heavy atom. The topological polar surface area (TPSA) is 53.8 Å². The summed E-state index contributed by atoms with van der Waals surface area (Å²) in [7, 11) is -1.19. The molecule has 0 aliphatic heterocycles. The van der Waals surface area contributed by atoms with Gasteiger partial charge in [0.25, 0.3) is 0 Å². The average Bonchev–Trinajstić information content (AvgIpc) is 2.55. The fourth-order valence-corrected chi connectivity index (χ4v) is 3.35. The summed E-state index contributed by atoms with van der Waals surface area (Å²) >= 11 is 0. The zero-order chi connectivity index (χ0) is 14.7. The molecule has 0 aliphatic carbocycles. The van der Waals surface area contributed by atoms with Crippen LogP contribution in [0.5, 0.6) is 0 Å². The van der Waals surface area contributed by atoms with Crippen molar-refractivity contribution in [3.05, 3.63) is 72.1 Å². The number of rotatable bonds is 3. The molecule has 0 fully saturated rings. The van der Waals surface area contributed by atoms with E-state index in [0.717, 1.165) is 15.7 Å². The average molecular weight is 292 g/mol. The first kappa shape index (κ1) is 13.5. The molecule has 1 atom stereocenters. The summed E-state index contributed by atoms with van der Waals surface area (Å²) in [5, 5.41) is 11.2. The van der Waals surface area contributed by atoms with Gasteiger partial charge in [0, 0.05) is 16.7 Å². The molecule has 1 aromatic heterocycles. The van der Waals surface area contributed by atoms with E-state index in [1.54, 1.807) is 18.3 Å². The third-order valence-corrected chi connectivity index (χ3v) is 4.62. The number of pyridine rings is 1. The Bertz CT molecular complexity index is 868. The summed E-state index contributed by atoms with van der Waals surface area (Å²) in [5.41, 5.74) is 1.05. The zero-order valence-electron chi connectivity index (χ0n) is 11.2. The summed E-state index contributed by atoms with van der Waals surface area (Å²) in [6, 6.07) is 19.3. The standard InChI is InChI=1S/C17H12N2OS/c18-11-17-15(6-3-9-19-17)12-21(20)16-8-7-13-4-1-2-5-14(13)10-16/h1-10H,12H2. The molecule has 0 spiro atoms. The maximum atomic E-state index is 12.5. The number of hydrogen-bond donors (Lipinski definition) is 0. The molecule has 0 N–H and O–H groups in total. The van der Waals surface area contributed by atoms with Gasteiger partial charge >= 0.3 is 0 Å². The van der Waals surface area contributed by atoms with Crippen LogP contribution in [-0.2, 0) is 16.6 Å². The summed E-state index contributed by atoms with van der Waals surface area (Å²) in [5.74, 6) is 0.301. The number of nitrogens with zero attached hydrogens (tertiary/aromatic N) is 2. The van der Waals surface area contributed by atoms with Crippen molar-refractivity contribution in [1.29, 1.82) is 5.26 Å². The monoisotopic (exact) mass is 292 g/mol. The van der Waals surface area contributed by atoms with Crippen LogP contribution in [0.2, 0.25) is 0 Å². The highest BCUT2D eigenvalue weighted by Crippen LogP contribution is 2.20. The first-order valence-electron chi connectivity index (χ1n) is 6.49. The van der Waals surface area contributed by atoms with E-state index in [-0.39, 0.29) is 0 Å². The molecule has 0 saturated heterocycles. The normalized spacial score (nSPS) is 12.0. The van der Waals surface area contributed by atoms with Gasteiger partial charge in [-0.3, -0.25) is 4.21 Å². The van der Waals surface area contributed by atoms with Crippen molar-refractivity contribution in [2.45, 2.75) is 10.6 Å². The van der Waals surface area contributed by atoms with Crippen molar-refractivity contribution < 1.29 is 4.21 Å². The molecule has 4 heteroatoms. The molecule has 21 heavy (non-hydrogen) atoms. The van der Waals surface area contributed by atoms with Crippen LogP contribution in [0.15, 0.2) is 65.7 Å². The van der Waals surface area contributed by atoms with Gasteiger partial charge in [0.2, 0.25) is 0 Å². The van der Waals surface area contributed by atoms with Gasteiger partial charge in [0.05, 0.1) is 16.6 Å². The van der Waals surface area contributed by atoms with Crippen LogP contribution < -0.4 is 0 Å². The van der Waals surface area contributed by atoms with Crippen LogP contribution in [0.4, 0.5) is 0 Å².